The number of nitrogen functional groups attached to an aromatic ring is 1. The van der Waals surface area contributed by atoms with Crippen molar-refractivity contribution < 1.29 is 14.3 Å². The molecule has 41 heavy (non-hydrogen) atoms. The number of ether oxygens (including phenoxy) is 2. The number of nitrogens with zero attached hydrogens (tertiary/aromatic N) is 6. The van der Waals surface area contributed by atoms with Gasteiger partial charge in [-0.2, -0.15) is 4.98 Å². The van der Waals surface area contributed by atoms with Gasteiger partial charge in [-0.3, -0.25) is 10.2 Å². The monoisotopic (exact) mass is 553 g/mol. The average molecular weight is 554 g/mol. The zero-order valence-corrected chi connectivity index (χ0v) is 22.5. The molecule has 0 aliphatic carbocycles. The first kappa shape index (κ1) is 26.4. The molecule has 210 valence electrons. The molecule has 1 atom stereocenters. The minimum atomic E-state index is -0.250. The number of pyridine rings is 1. The summed E-state index contributed by atoms with van der Waals surface area (Å²) in [5, 5.41) is 21.7. The Hall–Kier alpha value is -4.84. The third-order valence-electron chi connectivity index (χ3n) is 7.20. The molecule has 12 nitrogen and oxygen atoms in total. The van der Waals surface area contributed by atoms with Crippen molar-refractivity contribution in [2.24, 2.45) is 5.73 Å². The van der Waals surface area contributed by atoms with Gasteiger partial charge in [0.15, 0.2) is 11.5 Å². The Balaban J connectivity index is 1.18. The van der Waals surface area contributed by atoms with E-state index in [1.54, 1.807) is 35.4 Å². The third kappa shape index (κ3) is 5.87. The summed E-state index contributed by atoms with van der Waals surface area (Å²) in [5.41, 5.74) is 7.21. The van der Waals surface area contributed by atoms with Crippen molar-refractivity contribution >= 4 is 40.0 Å². The lowest BCUT2D eigenvalue weighted by Crippen LogP contribution is -2.42. The maximum absolute atomic E-state index is 12.8. The Labute approximate surface area is 237 Å². The van der Waals surface area contributed by atoms with Crippen molar-refractivity contribution in [2.45, 2.75) is 18.9 Å². The summed E-state index contributed by atoms with van der Waals surface area (Å²) in [4.78, 5) is 25.8. The van der Waals surface area contributed by atoms with Gasteiger partial charge in [0.2, 0.25) is 11.8 Å². The lowest BCUT2D eigenvalue weighted by atomic mass is 10.1. The van der Waals surface area contributed by atoms with Crippen LogP contribution in [-0.2, 0) is 4.74 Å². The molecule has 0 radical (unpaired) electrons. The van der Waals surface area contributed by atoms with Crippen LogP contribution in [0.2, 0.25) is 0 Å². The smallest absolute Gasteiger partial charge is 0.254 e. The Morgan fingerprint density at radius 3 is 2.66 bits per heavy atom. The van der Waals surface area contributed by atoms with Gasteiger partial charge in [-0.05, 0) is 54.6 Å². The fraction of sp³-hybridized carbons (Fsp3) is 0.310. The van der Waals surface area contributed by atoms with Crippen LogP contribution in [-0.4, -0.2) is 82.3 Å². The summed E-state index contributed by atoms with van der Waals surface area (Å²) in [6.45, 7) is 3.55. The summed E-state index contributed by atoms with van der Waals surface area (Å²) in [6.07, 6.45) is 3.41. The number of amidine groups is 1. The predicted molar refractivity (Wildman–Crippen MR) is 155 cm³/mol. The first-order chi connectivity index (χ1) is 20.0. The lowest BCUT2D eigenvalue weighted by molar-refractivity contribution is 0.0303. The number of rotatable bonds is 7. The predicted octanol–water partition coefficient (Wildman–Crippen LogP) is 2.97. The summed E-state index contributed by atoms with van der Waals surface area (Å²) in [6, 6.07) is 17.1. The molecule has 6 rings (SSSR count). The van der Waals surface area contributed by atoms with Gasteiger partial charge < -0.3 is 30.3 Å². The van der Waals surface area contributed by atoms with Crippen molar-refractivity contribution in [1.82, 2.24) is 25.1 Å². The average Bonchev–Trinajstić information content (AvgIpc) is 3.02. The fourth-order valence-electron chi connectivity index (χ4n) is 5.06. The van der Waals surface area contributed by atoms with E-state index >= 15 is 0 Å². The number of benzene rings is 2. The minimum absolute atomic E-state index is 0.0316. The molecule has 0 unspecified atom stereocenters. The first-order valence-corrected chi connectivity index (χ1v) is 13.6. The second-order valence-electron chi connectivity index (χ2n) is 9.99. The topological polar surface area (TPSA) is 155 Å². The number of piperidine rings is 1. The maximum Gasteiger partial charge on any atom is 0.254 e. The van der Waals surface area contributed by atoms with E-state index in [1.165, 1.54) is 0 Å². The Morgan fingerprint density at radius 2 is 1.85 bits per heavy atom. The fourth-order valence-corrected chi connectivity index (χ4v) is 5.06. The van der Waals surface area contributed by atoms with Crippen LogP contribution in [0.4, 0.5) is 17.5 Å². The number of aromatic nitrogens is 4. The SMILES string of the molecule is N=C(N)c1nnc(N2CCC[C@@H](Oc3nccc4ccccc34)C2)nc1Nc1ccc(C(=O)N2CCOCC2)cc1. The summed E-state index contributed by atoms with van der Waals surface area (Å²) < 4.78 is 11.7. The number of nitrogens with two attached hydrogens (primary N) is 1. The van der Waals surface area contributed by atoms with Gasteiger partial charge in [-0.25, -0.2) is 4.98 Å². The standard InChI is InChI=1S/C29H31N9O3/c30-25(31)24-26(33-21-9-7-20(8-10-21)28(39)37-14-16-40-17-15-37)34-29(36-35-24)38-13-3-5-22(18-38)41-27-23-6-2-1-4-19(23)11-12-32-27/h1-2,4,6-12,22H,3,5,13-18H2,(H3,30,31)(H,33,34,36)/t22-/m1/s1. The maximum atomic E-state index is 12.8. The Bertz CT molecular complexity index is 1550. The normalized spacial score (nSPS) is 17.3. The van der Waals surface area contributed by atoms with Gasteiger partial charge in [0.25, 0.3) is 5.91 Å². The Kier molecular flexibility index (Phi) is 7.54. The number of anilines is 3. The number of carbonyl (C=O) groups excluding carboxylic acids is 1. The van der Waals surface area contributed by atoms with Gasteiger partial charge >= 0.3 is 0 Å². The van der Waals surface area contributed by atoms with Crippen LogP contribution in [0.1, 0.15) is 28.9 Å². The molecule has 4 aromatic rings. The number of hydrogen-bond donors (Lipinski definition) is 3. The highest BCUT2D eigenvalue weighted by molar-refractivity contribution is 5.98. The van der Waals surface area contributed by atoms with Crippen LogP contribution in [0.5, 0.6) is 5.88 Å². The van der Waals surface area contributed by atoms with Crippen LogP contribution in [0, 0.1) is 5.41 Å². The molecule has 2 saturated heterocycles. The zero-order valence-electron chi connectivity index (χ0n) is 22.5. The summed E-state index contributed by atoms with van der Waals surface area (Å²) in [7, 11) is 0. The molecule has 2 aromatic carbocycles. The number of nitrogens with one attached hydrogen (secondary N) is 2. The van der Waals surface area contributed by atoms with Gasteiger partial charge in [0.1, 0.15) is 11.9 Å². The van der Waals surface area contributed by atoms with Gasteiger partial charge in [-0.15, -0.1) is 10.2 Å². The largest absolute Gasteiger partial charge is 0.472 e. The quantitative estimate of drug-likeness (QED) is 0.230. The molecule has 2 fully saturated rings. The molecule has 0 saturated carbocycles. The molecular weight excluding hydrogens is 522 g/mol. The molecule has 0 spiro atoms. The van der Waals surface area contributed by atoms with Crippen LogP contribution in [0.15, 0.2) is 60.8 Å². The minimum Gasteiger partial charge on any atom is -0.472 e. The molecular formula is C29H31N9O3. The van der Waals surface area contributed by atoms with E-state index in [9.17, 15) is 4.79 Å². The van der Waals surface area contributed by atoms with Gasteiger partial charge in [0.05, 0.1) is 19.8 Å². The van der Waals surface area contributed by atoms with Crippen molar-refractivity contribution in [2.75, 3.05) is 49.6 Å². The third-order valence-corrected chi connectivity index (χ3v) is 7.20. The highest BCUT2D eigenvalue weighted by Gasteiger charge is 2.26. The molecule has 12 heteroatoms. The first-order valence-electron chi connectivity index (χ1n) is 13.6. The second-order valence-corrected chi connectivity index (χ2v) is 9.99. The van der Waals surface area contributed by atoms with Crippen molar-refractivity contribution in [1.29, 1.82) is 5.41 Å². The number of hydrogen-bond acceptors (Lipinski definition) is 10. The zero-order chi connectivity index (χ0) is 28.2. The van der Waals surface area contributed by atoms with Crippen LogP contribution >= 0.6 is 0 Å². The van der Waals surface area contributed by atoms with E-state index in [0.29, 0.717) is 61.7 Å². The Morgan fingerprint density at radius 1 is 1.05 bits per heavy atom. The molecule has 4 N–H and O–H groups in total. The molecule has 4 heterocycles. The van der Waals surface area contributed by atoms with Gasteiger partial charge in [0, 0.05) is 42.5 Å². The molecule has 2 aromatic heterocycles. The van der Waals surface area contributed by atoms with Crippen LogP contribution in [0.3, 0.4) is 0 Å². The number of carbonyl (C=O) groups is 1. The van der Waals surface area contributed by atoms with E-state index in [1.807, 2.05) is 35.2 Å². The van der Waals surface area contributed by atoms with Crippen molar-refractivity contribution in [3.8, 4) is 5.88 Å². The van der Waals surface area contributed by atoms with Crippen molar-refractivity contribution in [3.05, 3.63) is 72.1 Å². The van der Waals surface area contributed by atoms with Crippen LogP contribution < -0.4 is 20.7 Å². The molecule has 0 bridgehead atoms. The second kappa shape index (κ2) is 11.7. The van der Waals surface area contributed by atoms with Gasteiger partial charge in [-0.1, -0.05) is 18.2 Å². The van der Waals surface area contributed by atoms with Crippen LogP contribution in [0.25, 0.3) is 10.8 Å². The summed E-state index contributed by atoms with van der Waals surface area (Å²) >= 11 is 0. The number of morpholine rings is 1. The number of amides is 1. The highest BCUT2D eigenvalue weighted by Crippen LogP contribution is 2.27. The summed E-state index contributed by atoms with van der Waals surface area (Å²) in [5.74, 6) is 1.05. The molecule has 2 aliphatic rings. The van der Waals surface area contributed by atoms with E-state index in [-0.39, 0.29) is 23.5 Å². The highest BCUT2D eigenvalue weighted by atomic mass is 16.5. The molecule has 2 aliphatic heterocycles. The van der Waals surface area contributed by atoms with E-state index in [4.69, 9.17) is 25.6 Å². The lowest BCUT2D eigenvalue weighted by Gasteiger charge is -2.32. The number of fused-ring (bicyclic) bond motifs is 1. The van der Waals surface area contributed by atoms with E-state index < -0.39 is 0 Å². The van der Waals surface area contributed by atoms with Crippen molar-refractivity contribution in [3.63, 3.8) is 0 Å². The van der Waals surface area contributed by atoms with E-state index in [0.717, 1.165) is 30.2 Å². The molecule has 1 amide bonds. The van der Waals surface area contributed by atoms with E-state index in [2.05, 4.69) is 20.5 Å².